The molecule has 4 amide bonds. The SMILES string of the molecule is Cc1c(-c2cc(N3C(=O)[C@@H]4C[C@@H]5C(=CC[C@@H]6C(=O)N(c7cccc(C(=O)O)c7)C(=O)[C@@H]65)[C@H](c5ccccc5O)[C@]4(C)C3=O)n(C)n2)sc2ccc(Cl)cc12. The van der Waals surface area contributed by atoms with E-state index in [0.717, 1.165) is 31.0 Å². The number of rotatable bonds is 5. The molecule has 0 bridgehead atoms. The minimum atomic E-state index is -1.36. The molecule has 4 aliphatic rings. The highest BCUT2D eigenvalue weighted by Gasteiger charge is 2.68. The average molecular weight is 761 g/mol. The second-order valence-corrected chi connectivity index (χ2v) is 16.3. The van der Waals surface area contributed by atoms with Crippen LogP contribution in [0.15, 0.2) is 84.4 Å². The number of carboxylic acid groups (broad SMARTS) is 1. The van der Waals surface area contributed by atoms with Crippen molar-refractivity contribution in [3.8, 4) is 16.3 Å². The van der Waals surface area contributed by atoms with Crippen molar-refractivity contribution < 1.29 is 34.2 Å². The van der Waals surface area contributed by atoms with Crippen LogP contribution in [0, 0.1) is 36.0 Å². The van der Waals surface area contributed by atoms with Crippen LogP contribution in [-0.4, -0.2) is 49.6 Å². The summed E-state index contributed by atoms with van der Waals surface area (Å²) < 4.78 is 2.56. The summed E-state index contributed by atoms with van der Waals surface area (Å²) >= 11 is 7.84. The summed E-state index contributed by atoms with van der Waals surface area (Å²) in [6.07, 6.45) is 2.24. The van der Waals surface area contributed by atoms with E-state index in [4.69, 9.17) is 16.7 Å². The Bertz CT molecular complexity index is 2560. The third kappa shape index (κ3) is 4.65. The monoisotopic (exact) mass is 760 g/mol. The molecule has 2 aromatic heterocycles. The van der Waals surface area contributed by atoms with Gasteiger partial charge in [0.25, 0.3) is 0 Å². The highest BCUT2D eigenvalue weighted by atomic mass is 35.5. The molecule has 1 saturated carbocycles. The number of aryl methyl sites for hydroxylation is 2. The number of imide groups is 2. The largest absolute Gasteiger partial charge is 0.508 e. The summed E-state index contributed by atoms with van der Waals surface area (Å²) in [6, 6.07) is 19.9. The number of fused-ring (bicyclic) bond motifs is 5. The number of phenolic OH excluding ortho intramolecular Hbond substituents is 1. The number of hydrogen-bond donors (Lipinski definition) is 2. The number of halogens is 1. The topological polar surface area (TPSA) is 150 Å². The molecule has 13 heteroatoms. The number of phenols is 1. The quantitative estimate of drug-likeness (QED) is 0.142. The first-order valence-corrected chi connectivity index (χ1v) is 18.8. The fraction of sp³-hybridized carbons (Fsp3) is 0.268. The molecule has 3 aromatic carbocycles. The van der Waals surface area contributed by atoms with E-state index >= 15 is 4.79 Å². The normalized spacial score (nSPS) is 26.3. The van der Waals surface area contributed by atoms with Crippen molar-refractivity contribution in [3.63, 3.8) is 0 Å². The first kappa shape index (κ1) is 34.2. The lowest BCUT2D eigenvalue weighted by atomic mass is 9.51. The molecule has 9 rings (SSSR count). The number of aromatic nitrogens is 2. The Labute approximate surface area is 318 Å². The van der Waals surface area contributed by atoms with Crippen LogP contribution >= 0.6 is 22.9 Å². The van der Waals surface area contributed by atoms with Crippen LogP contribution in [0.5, 0.6) is 5.75 Å². The summed E-state index contributed by atoms with van der Waals surface area (Å²) in [7, 11) is 1.69. The third-order valence-corrected chi connectivity index (χ3v) is 13.6. The number of carbonyl (C=O) groups is 5. The number of benzene rings is 3. The lowest BCUT2D eigenvalue weighted by molar-refractivity contribution is -0.131. The third-order valence-electron chi connectivity index (χ3n) is 12.1. The molecule has 2 aliphatic heterocycles. The maximum atomic E-state index is 15.0. The molecule has 5 aromatic rings. The van der Waals surface area contributed by atoms with Crippen molar-refractivity contribution in [2.75, 3.05) is 9.80 Å². The molecule has 0 unspecified atom stereocenters. The molecule has 54 heavy (non-hydrogen) atoms. The lowest BCUT2D eigenvalue weighted by Crippen LogP contribution is -2.49. The lowest BCUT2D eigenvalue weighted by Gasteiger charge is -2.49. The van der Waals surface area contributed by atoms with E-state index < -0.39 is 64.6 Å². The summed E-state index contributed by atoms with van der Waals surface area (Å²) in [5.41, 5.74) is 1.51. The second-order valence-electron chi connectivity index (χ2n) is 14.8. The number of aromatic carboxylic acids is 1. The van der Waals surface area contributed by atoms with E-state index in [1.807, 2.05) is 31.2 Å². The second kappa shape index (κ2) is 12.0. The van der Waals surface area contributed by atoms with E-state index in [9.17, 15) is 29.4 Å². The van der Waals surface area contributed by atoms with Crippen LogP contribution in [0.3, 0.4) is 0 Å². The van der Waals surface area contributed by atoms with Gasteiger partial charge in [-0.25, -0.2) is 9.69 Å². The number of amides is 4. The van der Waals surface area contributed by atoms with Crippen molar-refractivity contribution in [1.82, 2.24) is 9.78 Å². The fourth-order valence-electron chi connectivity index (χ4n) is 9.56. The molecule has 2 saturated heterocycles. The maximum absolute atomic E-state index is 15.0. The summed E-state index contributed by atoms with van der Waals surface area (Å²) in [4.78, 5) is 73.1. The highest BCUT2D eigenvalue weighted by molar-refractivity contribution is 7.22. The van der Waals surface area contributed by atoms with Crippen LogP contribution in [0.4, 0.5) is 11.5 Å². The van der Waals surface area contributed by atoms with Crippen molar-refractivity contribution in [2.45, 2.75) is 32.6 Å². The Hall–Kier alpha value is -5.59. The molecule has 272 valence electrons. The van der Waals surface area contributed by atoms with Gasteiger partial charge in [-0.2, -0.15) is 5.10 Å². The zero-order valence-corrected chi connectivity index (χ0v) is 30.9. The van der Waals surface area contributed by atoms with Crippen molar-refractivity contribution in [1.29, 1.82) is 0 Å². The number of hydrogen-bond acceptors (Lipinski definition) is 8. The highest BCUT2D eigenvalue weighted by Crippen LogP contribution is 2.64. The molecular weight excluding hydrogens is 728 g/mol. The van der Waals surface area contributed by atoms with E-state index in [2.05, 4.69) is 0 Å². The summed E-state index contributed by atoms with van der Waals surface area (Å²) in [6.45, 7) is 3.75. The van der Waals surface area contributed by atoms with Crippen molar-refractivity contribution >= 4 is 74.1 Å². The van der Waals surface area contributed by atoms with Gasteiger partial charge in [0.15, 0.2) is 0 Å². The Balaban J connectivity index is 1.14. The first-order valence-electron chi connectivity index (χ1n) is 17.6. The zero-order chi connectivity index (χ0) is 38.0. The van der Waals surface area contributed by atoms with Crippen LogP contribution in [0.2, 0.25) is 5.02 Å². The average Bonchev–Trinajstić information content (AvgIpc) is 3.82. The van der Waals surface area contributed by atoms with E-state index in [0.29, 0.717) is 22.1 Å². The molecule has 0 spiro atoms. The number of anilines is 2. The minimum absolute atomic E-state index is 0.0473. The number of para-hydroxylation sites is 1. The number of thiophene rings is 1. The van der Waals surface area contributed by atoms with Gasteiger partial charge >= 0.3 is 5.97 Å². The Morgan fingerprint density at radius 2 is 1.72 bits per heavy atom. The van der Waals surface area contributed by atoms with Crippen LogP contribution in [0.25, 0.3) is 20.7 Å². The number of aromatic hydroxyl groups is 1. The van der Waals surface area contributed by atoms with Gasteiger partial charge in [0.2, 0.25) is 23.6 Å². The Kier molecular flexibility index (Phi) is 7.57. The molecule has 2 N–H and O–H groups in total. The standard InChI is InChI=1S/C41H33ClN4O7S/c1-19-26-16-21(42)11-14-31(26)54-35(19)29-18-32(44(3)43-29)46-37(49)28-17-27-23(34(41(28,2)40(46)53)24-9-4-5-10-30(24)47)12-13-25-33(27)38(50)45(36(25)48)22-8-6-7-20(15-22)39(51)52/h4-12,14-16,18,25,27-28,33-34,47H,13,17H2,1-3H3,(H,51,52)/t25-,27+,28-,33-,34+,41+/m0/s1. The predicted octanol–water partition coefficient (Wildman–Crippen LogP) is 7.10. The van der Waals surface area contributed by atoms with Gasteiger partial charge in [0.1, 0.15) is 17.3 Å². The number of carboxylic acids is 1. The van der Waals surface area contributed by atoms with Crippen molar-refractivity contribution in [2.24, 2.45) is 36.1 Å². The van der Waals surface area contributed by atoms with Crippen LogP contribution in [-0.2, 0) is 26.2 Å². The maximum Gasteiger partial charge on any atom is 0.335 e. The van der Waals surface area contributed by atoms with Gasteiger partial charge < -0.3 is 10.2 Å². The van der Waals surface area contributed by atoms with Gasteiger partial charge in [0.05, 0.1) is 39.3 Å². The van der Waals surface area contributed by atoms with Gasteiger partial charge in [-0.3, -0.25) is 28.8 Å². The number of nitrogens with zero attached hydrogens (tertiary/aromatic N) is 4. The van der Waals surface area contributed by atoms with Crippen LogP contribution < -0.4 is 9.80 Å². The molecule has 11 nitrogen and oxygen atoms in total. The zero-order valence-electron chi connectivity index (χ0n) is 29.3. The number of carbonyl (C=O) groups excluding carboxylic acids is 4. The smallest absolute Gasteiger partial charge is 0.335 e. The number of allylic oxidation sites excluding steroid dienone is 2. The molecular formula is C41H33ClN4O7S. The minimum Gasteiger partial charge on any atom is -0.508 e. The van der Waals surface area contributed by atoms with Gasteiger partial charge in [-0.15, -0.1) is 11.3 Å². The van der Waals surface area contributed by atoms with Gasteiger partial charge in [-0.05, 0) is 86.0 Å². The van der Waals surface area contributed by atoms with Gasteiger partial charge in [0, 0.05) is 34.3 Å². The first-order chi connectivity index (χ1) is 25.8. The Morgan fingerprint density at radius 3 is 2.48 bits per heavy atom. The Morgan fingerprint density at radius 1 is 0.944 bits per heavy atom. The summed E-state index contributed by atoms with van der Waals surface area (Å²) in [5.74, 6) is -6.64. The molecule has 4 heterocycles. The summed E-state index contributed by atoms with van der Waals surface area (Å²) in [5, 5.41) is 27.3. The van der Waals surface area contributed by atoms with E-state index in [1.54, 1.807) is 49.6 Å². The van der Waals surface area contributed by atoms with E-state index in [1.165, 1.54) is 39.9 Å². The van der Waals surface area contributed by atoms with Crippen molar-refractivity contribution in [3.05, 3.63) is 106 Å². The predicted molar refractivity (Wildman–Crippen MR) is 202 cm³/mol. The van der Waals surface area contributed by atoms with Gasteiger partial charge in [-0.1, -0.05) is 47.5 Å². The molecule has 6 atom stereocenters. The molecule has 2 aliphatic carbocycles. The molecule has 0 radical (unpaired) electrons. The molecule has 3 fully saturated rings. The van der Waals surface area contributed by atoms with Crippen LogP contribution in [0.1, 0.15) is 47.2 Å². The van der Waals surface area contributed by atoms with E-state index in [-0.39, 0.29) is 29.8 Å². The fourth-order valence-corrected chi connectivity index (χ4v) is 10.9.